The van der Waals surface area contributed by atoms with Crippen LogP contribution in [0.2, 0.25) is 0 Å². The summed E-state index contributed by atoms with van der Waals surface area (Å²) < 4.78 is 0. The van der Waals surface area contributed by atoms with Gasteiger partial charge >= 0.3 is 0 Å². The van der Waals surface area contributed by atoms with E-state index in [1.54, 1.807) is 0 Å². The zero-order valence-electron chi connectivity index (χ0n) is 12.0. The molecule has 1 saturated carbocycles. The average molecular weight is 240 g/mol. The smallest absolute Gasteiger partial charge is 0.227 e. The summed E-state index contributed by atoms with van der Waals surface area (Å²) in [7, 11) is 0. The van der Waals surface area contributed by atoms with Crippen LogP contribution in [0, 0.1) is 11.3 Å². The van der Waals surface area contributed by atoms with Crippen LogP contribution in [-0.2, 0) is 4.79 Å². The second kappa shape index (κ2) is 4.97. The number of carbonyl (C=O) groups excluding carboxylic acids is 1. The molecule has 100 valence electrons. The Kier molecular flexibility index (Phi) is 4.23. The van der Waals surface area contributed by atoms with Crippen molar-refractivity contribution in [2.24, 2.45) is 17.1 Å². The van der Waals surface area contributed by atoms with Crippen LogP contribution in [0.1, 0.15) is 60.3 Å². The van der Waals surface area contributed by atoms with Crippen molar-refractivity contribution in [3.63, 3.8) is 0 Å². The Balaban J connectivity index is 2.55. The summed E-state index contributed by atoms with van der Waals surface area (Å²) in [6.07, 6.45) is 4.65. The zero-order valence-corrected chi connectivity index (χ0v) is 12.0. The molecule has 1 aliphatic carbocycles. The van der Waals surface area contributed by atoms with Crippen LogP contribution in [0.4, 0.5) is 0 Å². The van der Waals surface area contributed by atoms with E-state index in [1.807, 2.05) is 27.7 Å². The van der Waals surface area contributed by atoms with Crippen LogP contribution in [0.25, 0.3) is 0 Å². The van der Waals surface area contributed by atoms with Crippen LogP contribution in [0.15, 0.2) is 0 Å². The van der Waals surface area contributed by atoms with E-state index in [0.29, 0.717) is 6.04 Å². The lowest BCUT2D eigenvalue weighted by atomic mass is 9.74. The number of rotatable bonds is 3. The Morgan fingerprint density at radius 2 is 1.59 bits per heavy atom. The molecule has 0 aromatic heterocycles. The van der Waals surface area contributed by atoms with Gasteiger partial charge in [0.25, 0.3) is 0 Å². The van der Waals surface area contributed by atoms with Gasteiger partial charge in [-0.1, -0.05) is 6.92 Å². The van der Waals surface area contributed by atoms with Crippen LogP contribution >= 0.6 is 0 Å². The van der Waals surface area contributed by atoms with Crippen molar-refractivity contribution in [2.75, 3.05) is 0 Å². The summed E-state index contributed by atoms with van der Waals surface area (Å²) in [5, 5.41) is 3.17. The van der Waals surface area contributed by atoms with E-state index >= 15 is 0 Å². The van der Waals surface area contributed by atoms with E-state index < -0.39 is 11.0 Å². The van der Waals surface area contributed by atoms with Crippen LogP contribution < -0.4 is 11.1 Å². The fraction of sp³-hybridized carbons (Fsp3) is 0.929. The monoisotopic (exact) mass is 240 g/mol. The van der Waals surface area contributed by atoms with Crippen molar-refractivity contribution in [1.82, 2.24) is 5.32 Å². The summed E-state index contributed by atoms with van der Waals surface area (Å²) in [5.74, 6) is 0.895. The molecular weight excluding hydrogens is 212 g/mol. The number of hydrogen-bond donors (Lipinski definition) is 2. The molecule has 1 rings (SSSR count). The van der Waals surface area contributed by atoms with E-state index in [2.05, 4.69) is 12.2 Å². The first-order valence-corrected chi connectivity index (χ1v) is 6.74. The highest BCUT2D eigenvalue weighted by Crippen LogP contribution is 2.30. The Morgan fingerprint density at radius 1 is 1.12 bits per heavy atom. The van der Waals surface area contributed by atoms with Crippen LogP contribution in [0.5, 0.6) is 0 Å². The molecular formula is C14H28N2O. The predicted molar refractivity (Wildman–Crippen MR) is 71.6 cm³/mol. The molecule has 0 aromatic rings. The second-order valence-electron chi connectivity index (χ2n) is 6.78. The lowest BCUT2D eigenvalue weighted by Gasteiger charge is -2.39. The van der Waals surface area contributed by atoms with Crippen LogP contribution in [-0.4, -0.2) is 17.5 Å². The van der Waals surface area contributed by atoms with Gasteiger partial charge in [-0.3, -0.25) is 4.79 Å². The van der Waals surface area contributed by atoms with E-state index in [1.165, 1.54) is 12.8 Å². The lowest BCUT2D eigenvalue weighted by molar-refractivity contribution is -0.133. The number of nitrogens with two attached hydrogens (primary N) is 1. The van der Waals surface area contributed by atoms with Gasteiger partial charge in [-0.15, -0.1) is 0 Å². The maximum absolute atomic E-state index is 12.3. The Bertz CT molecular complexity index is 270. The minimum absolute atomic E-state index is 0.0875. The quantitative estimate of drug-likeness (QED) is 0.796. The molecule has 0 radical (unpaired) electrons. The molecule has 0 aliphatic heterocycles. The fourth-order valence-corrected chi connectivity index (χ4v) is 2.06. The van der Waals surface area contributed by atoms with Gasteiger partial charge in [0.2, 0.25) is 5.91 Å². The summed E-state index contributed by atoms with van der Waals surface area (Å²) in [5.41, 5.74) is 5.05. The van der Waals surface area contributed by atoms with Gasteiger partial charge in [0.05, 0.1) is 5.41 Å². The van der Waals surface area contributed by atoms with Crippen molar-refractivity contribution >= 4 is 5.91 Å². The normalized spacial score (nSPS) is 26.7. The first-order chi connectivity index (χ1) is 7.64. The third kappa shape index (κ3) is 3.44. The van der Waals surface area contributed by atoms with Gasteiger partial charge < -0.3 is 11.1 Å². The molecule has 0 heterocycles. The lowest BCUT2D eigenvalue weighted by Crippen LogP contribution is -2.57. The van der Waals surface area contributed by atoms with E-state index in [4.69, 9.17) is 5.73 Å². The van der Waals surface area contributed by atoms with Crippen molar-refractivity contribution in [1.29, 1.82) is 0 Å². The molecule has 3 heteroatoms. The molecule has 0 saturated heterocycles. The minimum atomic E-state index is -0.532. The molecule has 0 atom stereocenters. The van der Waals surface area contributed by atoms with E-state index in [9.17, 15) is 4.79 Å². The largest absolute Gasteiger partial charge is 0.353 e. The van der Waals surface area contributed by atoms with Gasteiger partial charge in [0, 0.05) is 11.6 Å². The molecule has 17 heavy (non-hydrogen) atoms. The molecule has 0 unspecified atom stereocenters. The maximum Gasteiger partial charge on any atom is 0.227 e. The summed E-state index contributed by atoms with van der Waals surface area (Å²) in [6, 6.07) is 0.348. The molecule has 1 amide bonds. The maximum atomic E-state index is 12.3. The molecule has 0 aromatic carbocycles. The number of hydrogen-bond acceptors (Lipinski definition) is 2. The molecule has 1 aliphatic rings. The van der Waals surface area contributed by atoms with Gasteiger partial charge in [-0.2, -0.15) is 0 Å². The highest BCUT2D eigenvalue weighted by molar-refractivity contribution is 5.83. The SMILES string of the molecule is CC1CCC(NC(=O)C(C)(C)C(C)(C)N)CC1. The van der Waals surface area contributed by atoms with Crippen molar-refractivity contribution < 1.29 is 4.79 Å². The topological polar surface area (TPSA) is 55.1 Å². The van der Waals surface area contributed by atoms with E-state index in [0.717, 1.165) is 18.8 Å². The summed E-state index contributed by atoms with van der Waals surface area (Å²) >= 11 is 0. The molecule has 3 N–H and O–H groups in total. The molecule has 0 bridgehead atoms. The average Bonchev–Trinajstić information content (AvgIpc) is 2.19. The van der Waals surface area contributed by atoms with Gasteiger partial charge in [0.1, 0.15) is 0 Å². The number of amides is 1. The molecule has 0 spiro atoms. The Hall–Kier alpha value is -0.570. The second-order valence-corrected chi connectivity index (χ2v) is 6.78. The van der Waals surface area contributed by atoms with Crippen molar-refractivity contribution in [3.05, 3.63) is 0 Å². The first kappa shape index (κ1) is 14.5. The third-order valence-electron chi connectivity index (χ3n) is 4.53. The van der Waals surface area contributed by atoms with Crippen molar-refractivity contribution in [2.45, 2.75) is 71.9 Å². The highest BCUT2D eigenvalue weighted by atomic mass is 16.2. The molecule has 3 nitrogen and oxygen atoms in total. The first-order valence-electron chi connectivity index (χ1n) is 6.74. The molecule has 1 fully saturated rings. The summed E-state index contributed by atoms with van der Waals surface area (Å²) in [4.78, 5) is 12.3. The van der Waals surface area contributed by atoms with Crippen molar-refractivity contribution in [3.8, 4) is 0 Å². The number of carbonyl (C=O) groups is 1. The van der Waals surface area contributed by atoms with E-state index in [-0.39, 0.29) is 5.91 Å². The predicted octanol–water partition coefficient (Wildman–Crippen LogP) is 2.44. The van der Waals surface area contributed by atoms with Gasteiger partial charge in [-0.05, 0) is 59.3 Å². The third-order valence-corrected chi connectivity index (χ3v) is 4.53. The standard InChI is InChI=1S/C14H28N2O/c1-10-6-8-11(9-7-10)16-12(17)13(2,3)14(4,5)15/h10-11H,6-9,15H2,1-5H3,(H,16,17). The Labute approximate surface area is 106 Å². The number of nitrogens with one attached hydrogen (secondary N) is 1. The van der Waals surface area contributed by atoms with Gasteiger partial charge in [-0.25, -0.2) is 0 Å². The van der Waals surface area contributed by atoms with Crippen LogP contribution in [0.3, 0.4) is 0 Å². The summed E-state index contributed by atoms with van der Waals surface area (Å²) in [6.45, 7) is 9.96. The Morgan fingerprint density at radius 3 is 2.00 bits per heavy atom. The minimum Gasteiger partial charge on any atom is -0.353 e. The van der Waals surface area contributed by atoms with Gasteiger partial charge in [0.15, 0.2) is 0 Å². The zero-order chi connectivity index (χ0) is 13.3. The highest BCUT2D eigenvalue weighted by Gasteiger charge is 2.41. The fourth-order valence-electron chi connectivity index (χ4n) is 2.06.